The van der Waals surface area contributed by atoms with E-state index in [1.165, 1.54) is 141 Å². The summed E-state index contributed by atoms with van der Waals surface area (Å²) in [6.07, 6.45) is 32.0. The van der Waals surface area contributed by atoms with Crippen LogP contribution in [-0.4, -0.2) is 12.1 Å². The molecule has 1 atom stereocenters. The van der Waals surface area contributed by atoms with Gasteiger partial charge in [0, 0.05) is 6.08 Å². The van der Waals surface area contributed by atoms with Gasteiger partial charge in [-0.3, -0.25) is 0 Å². The van der Waals surface area contributed by atoms with Crippen LogP contribution in [0.15, 0.2) is 12.7 Å². The highest BCUT2D eigenvalue weighted by atomic mass is 16.5. The van der Waals surface area contributed by atoms with Crippen LogP contribution in [-0.2, 0) is 9.53 Å². The van der Waals surface area contributed by atoms with Gasteiger partial charge < -0.3 is 4.74 Å². The minimum Gasteiger partial charge on any atom is -0.459 e. The number of hydrogen-bond acceptors (Lipinski definition) is 2. The molecule has 0 spiro atoms. The molecule has 0 N–H and O–H groups in total. The molecule has 0 saturated carbocycles. The number of rotatable bonds is 25. The first-order chi connectivity index (χ1) is 15.2. The van der Waals surface area contributed by atoms with Crippen LogP contribution >= 0.6 is 0 Å². The van der Waals surface area contributed by atoms with Gasteiger partial charge in [0.15, 0.2) is 0 Å². The van der Waals surface area contributed by atoms with Crippen molar-refractivity contribution in [3.63, 3.8) is 0 Å². The molecule has 0 amide bonds. The van der Waals surface area contributed by atoms with Gasteiger partial charge >= 0.3 is 5.97 Å². The van der Waals surface area contributed by atoms with E-state index < -0.39 is 0 Å². The van der Waals surface area contributed by atoms with Crippen LogP contribution < -0.4 is 0 Å². The zero-order valence-electron chi connectivity index (χ0n) is 21.4. The lowest BCUT2D eigenvalue weighted by atomic mass is 10.0. The quantitative estimate of drug-likeness (QED) is 0.0808. The van der Waals surface area contributed by atoms with Crippen molar-refractivity contribution in [3.05, 3.63) is 12.7 Å². The molecule has 0 aromatic heterocycles. The smallest absolute Gasteiger partial charge is 0.330 e. The fraction of sp³-hybridized carbons (Fsp3) is 0.897. The summed E-state index contributed by atoms with van der Waals surface area (Å²) in [4.78, 5) is 11.6. The normalized spacial score (nSPS) is 12.1. The molecule has 31 heavy (non-hydrogen) atoms. The lowest BCUT2D eigenvalue weighted by Crippen LogP contribution is -2.16. The second-order valence-corrected chi connectivity index (χ2v) is 9.56. The molecule has 184 valence electrons. The molecule has 0 rings (SSSR count). The van der Waals surface area contributed by atoms with Gasteiger partial charge in [-0.1, -0.05) is 142 Å². The van der Waals surface area contributed by atoms with E-state index >= 15 is 0 Å². The highest BCUT2D eigenvalue weighted by Gasteiger charge is 2.12. The van der Waals surface area contributed by atoms with E-state index in [2.05, 4.69) is 20.4 Å². The van der Waals surface area contributed by atoms with Crippen molar-refractivity contribution in [2.24, 2.45) is 0 Å². The zero-order valence-corrected chi connectivity index (χ0v) is 21.4. The molecule has 1 unspecified atom stereocenters. The Bertz CT molecular complexity index is 377. The molecule has 0 fully saturated rings. The third-order valence-electron chi connectivity index (χ3n) is 6.46. The van der Waals surface area contributed by atoms with Crippen molar-refractivity contribution in [1.82, 2.24) is 0 Å². The van der Waals surface area contributed by atoms with Crippen LogP contribution in [0.2, 0.25) is 0 Å². The summed E-state index contributed by atoms with van der Waals surface area (Å²) in [5, 5.41) is 0. The van der Waals surface area contributed by atoms with E-state index in [0.29, 0.717) is 0 Å². The van der Waals surface area contributed by atoms with E-state index in [-0.39, 0.29) is 12.1 Å². The number of esters is 1. The average Bonchev–Trinajstić information content (AvgIpc) is 2.78. The Hall–Kier alpha value is -0.790. The largest absolute Gasteiger partial charge is 0.459 e. The summed E-state index contributed by atoms with van der Waals surface area (Å²) in [6, 6.07) is 0. The Morgan fingerprint density at radius 1 is 0.581 bits per heavy atom. The van der Waals surface area contributed by atoms with E-state index in [4.69, 9.17) is 4.74 Å². The number of hydrogen-bond donors (Lipinski definition) is 0. The third-order valence-corrected chi connectivity index (χ3v) is 6.46. The number of carbonyl (C=O) groups is 1. The maximum atomic E-state index is 11.6. The fourth-order valence-electron chi connectivity index (χ4n) is 4.37. The zero-order chi connectivity index (χ0) is 22.8. The van der Waals surface area contributed by atoms with E-state index in [1.54, 1.807) is 0 Å². The molecule has 0 saturated heterocycles. The molecule has 0 aromatic rings. The number of carbonyl (C=O) groups excluding carboxylic acids is 1. The highest BCUT2D eigenvalue weighted by Crippen LogP contribution is 2.18. The van der Waals surface area contributed by atoms with Crippen molar-refractivity contribution in [3.8, 4) is 0 Å². The third kappa shape index (κ3) is 23.7. The van der Waals surface area contributed by atoms with E-state index in [0.717, 1.165) is 12.8 Å². The molecule has 0 aromatic carbocycles. The van der Waals surface area contributed by atoms with Crippen molar-refractivity contribution in [1.29, 1.82) is 0 Å². The summed E-state index contributed by atoms with van der Waals surface area (Å²) >= 11 is 0. The van der Waals surface area contributed by atoms with Crippen LogP contribution in [0, 0.1) is 0 Å². The van der Waals surface area contributed by atoms with Gasteiger partial charge in [0.05, 0.1) is 0 Å². The van der Waals surface area contributed by atoms with Crippen LogP contribution in [0.25, 0.3) is 0 Å². The van der Waals surface area contributed by atoms with Crippen LogP contribution in [0.5, 0.6) is 0 Å². The van der Waals surface area contributed by atoms with Gasteiger partial charge in [-0.25, -0.2) is 4.79 Å². The Balaban J connectivity index is 3.50. The topological polar surface area (TPSA) is 26.3 Å². The Morgan fingerprint density at radius 3 is 1.16 bits per heavy atom. The van der Waals surface area contributed by atoms with Gasteiger partial charge in [0.1, 0.15) is 6.10 Å². The minimum atomic E-state index is -0.255. The van der Waals surface area contributed by atoms with Gasteiger partial charge in [-0.2, -0.15) is 0 Å². The summed E-state index contributed by atoms with van der Waals surface area (Å²) in [7, 11) is 0. The van der Waals surface area contributed by atoms with Crippen molar-refractivity contribution < 1.29 is 9.53 Å². The number of ether oxygens (including phenoxy) is 1. The van der Waals surface area contributed by atoms with Gasteiger partial charge in [-0.05, 0) is 25.7 Å². The summed E-state index contributed by atoms with van der Waals surface area (Å²) in [5.74, 6) is -0.255. The van der Waals surface area contributed by atoms with Crippen LogP contribution in [0.4, 0.5) is 0 Å². The maximum Gasteiger partial charge on any atom is 0.330 e. The highest BCUT2D eigenvalue weighted by molar-refractivity contribution is 5.81. The van der Waals surface area contributed by atoms with Crippen molar-refractivity contribution in [2.45, 2.75) is 168 Å². The van der Waals surface area contributed by atoms with E-state index in [9.17, 15) is 4.79 Å². The standard InChI is InChI=1S/C29H56O2/c1-4-7-9-11-12-13-14-15-16-17-18-19-20-21-23-25-27-28(31-29(30)6-3)26-24-22-10-8-5-2/h6,28H,3-5,7-27H2,1-2H3. The second-order valence-electron chi connectivity index (χ2n) is 9.56. The van der Waals surface area contributed by atoms with Crippen molar-refractivity contribution >= 4 is 5.97 Å². The summed E-state index contributed by atoms with van der Waals surface area (Å²) < 4.78 is 5.57. The fourth-order valence-corrected chi connectivity index (χ4v) is 4.37. The maximum absolute atomic E-state index is 11.6. The Kier molecular flexibility index (Phi) is 24.8. The molecule has 0 radical (unpaired) electrons. The number of unbranched alkanes of at least 4 members (excludes halogenated alkanes) is 19. The molecular weight excluding hydrogens is 380 g/mol. The summed E-state index contributed by atoms with van der Waals surface area (Å²) in [6.45, 7) is 8.07. The molecule has 2 nitrogen and oxygen atoms in total. The average molecular weight is 437 g/mol. The summed E-state index contributed by atoms with van der Waals surface area (Å²) in [5.41, 5.74) is 0. The van der Waals surface area contributed by atoms with Crippen LogP contribution in [0.1, 0.15) is 162 Å². The second kappa shape index (κ2) is 25.5. The van der Waals surface area contributed by atoms with Crippen LogP contribution in [0.3, 0.4) is 0 Å². The predicted octanol–water partition coefficient (Wildman–Crippen LogP) is 10.1. The lowest BCUT2D eigenvalue weighted by molar-refractivity contribution is -0.143. The first kappa shape index (κ1) is 30.2. The molecular formula is C29H56O2. The molecule has 0 heterocycles. The molecule has 2 heteroatoms. The van der Waals surface area contributed by atoms with Gasteiger partial charge in [0.2, 0.25) is 0 Å². The molecule has 0 aliphatic carbocycles. The molecule has 0 aliphatic heterocycles. The minimum absolute atomic E-state index is 0.0961. The first-order valence-corrected chi connectivity index (χ1v) is 14.1. The lowest BCUT2D eigenvalue weighted by Gasteiger charge is -2.17. The van der Waals surface area contributed by atoms with E-state index in [1.807, 2.05) is 0 Å². The van der Waals surface area contributed by atoms with Gasteiger partial charge in [0.25, 0.3) is 0 Å². The van der Waals surface area contributed by atoms with Crippen molar-refractivity contribution in [2.75, 3.05) is 0 Å². The van der Waals surface area contributed by atoms with Gasteiger partial charge in [-0.15, -0.1) is 0 Å². The SMILES string of the molecule is C=CC(=O)OC(CCCCCCC)CCCCCCCCCCCCCCCCCC. The monoisotopic (exact) mass is 436 g/mol. The Labute approximate surface area is 196 Å². The molecule has 0 bridgehead atoms. The molecule has 0 aliphatic rings. The Morgan fingerprint density at radius 2 is 0.871 bits per heavy atom. The first-order valence-electron chi connectivity index (χ1n) is 14.1. The predicted molar refractivity (Wildman–Crippen MR) is 138 cm³/mol.